The number of aliphatic hydroxyl groups is 2. The molecule has 0 amide bonds. The van der Waals surface area contributed by atoms with Crippen LogP contribution >= 0.6 is 0 Å². The van der Waals surface area contributed by atoms with E-state index in [2.05, 4.69) is 81.5 Å². The number of ether oxygens (including phenoxy) is 5. The molecule has 0 saturated carbocycles. The number of aliphatic hydroxyl groups excluding tert-OH is 2. The van der Waals surface area contributed by atoms with Crippen LogP contribution in [-0.4, -0.2) is 89.2 Å². The summed E-state index contributed by atoms with van der Waals surface area (Å²) in [5, 5.41) is 31.4. The van der Waals surface area contributed by atoms with E-state index >= 15 is 0 Å². The molecular weight excluding hydrogens is 925 g/mol. The van der Waals surface area contributed by atoms with E-state index < -0.39 is 67.3 Å². The van der Waals surface area contributed by atoms with Crippen molar-refractivity contribution in [1.29, 1.82) is 0 Å². The van der Waals surface area contributed by atoms with Crippen LogP contribution in [0.4, 0.5) is 0 Å². The topological polar surface area (TPSA) is 175 Å². The highest BCUT2D eigenvalue weighted by molar-refractivity contribution is 5.74. The Balaban J connectivity index is 2.66. The van der Waals surface area contributed by atoms with Gasteiger partial charge in [-0.1, -0.05) is 204 Å². The normalized spacial score (nSPS) is 18.7. The van der Waals surface area contributed by atoms with Crippen molar-refractivity contribution in [1.82, 2.24) is 0 Å². The van der Waals surface area contributed by atoms with Gasteiger partial charge in [-0.2, -0.15) is 0 Å². The summed E-state index contributed by atoms with van der Waals surface area (Å²) in [4.78, 5) is 51.0. The number of allylic oxidation sites excluding steroid dienone is 10. The molecule has 12 heteroatoms. The van der Waals surface area contributed by atoms with Crippen LogP contribution in [0.5, 0.6) is 0 Å². The van der Waals surface area contributed by atoms with Crippen LogP contribution in [0.15, 0.2) is 60.8 Å². The summed E-state index contributed by atoms with van der Waals surface area (Å²) in [5.74, 6) is -3.15. The molecule has 0 radical (unpaired) electrons. The Hall–Kier alpha value is -3.58. The minimum absolute atomic E-state index is 0.0447. The van der Waals surface area contributed by atoms with Gasteiger partial charge >= 0.3 is 23.9 Å². The first-order valence-corrected chi connectivity index (χ1v) is 29.3. The van der Waals surface area contributed by atoms with Crippen molar-refractivity contribution in [2.45, 2.75) is 289 Å². The molecule has 1 rings (SSSR count). The lowest BCUT2D eigenvalue weighted by atomic mass is 9.98. The SMILES string of the molecule is CCCCC/C=C\C/C=C\C/C=C\CCCCCCCCC(=O)OC1C(OCC(COC(=O)CCCCCCC/C=C\C/C=C\CCCCC)OC(=O)CCCCCCCCCCC)OC(C(=O)O)C(O)C1O. The molecule has 12 nitrogen and oxygen atoms in total. The van der Waals surface area contributed by atoms with Crippen molar-refractivity contribution in [3.05, 3.63) is 60.8 Å². The van der Waals surface area contributed by atoms with Gasteiger partial charge in [-0.15, -0.1) is 0 Å². The number of carbonyl (C=O) groups is 4. The van der Waals surface area contributed by atoms with Gasteiger partial charge in [-0.3, -0.25) is 14.4 Å². The van der Waals surface area contributed by atoms with E-state index in [-0.39, 0.29) is 25.9 Å². The summed E-state index contributed by atoms with van der Waals surface area (Å²) >= 11 is 0. The third-order valence-corrected chi connectivity index (χ3v) is 13.1. The fraction of sp³-hybridized carbons (Fsp3) is 0.770. The van der Waals surface area contributed by atoms with Gasteiger partial charge in [0.05, 0.1) is 6.61 Å². The molecule has 0 aromatic carbocycles. The fourth-order valence-electron chi connectivity index (χ4n) is 8.52. The van der Waals surface area contributed by atoms with Gasteiger partial charge in [0.2, 0.25) is 0 Å². The van der Waals surface area contributed by atoms with E-state index in [1.54, 1.807) is 0 Å². The Bertz CT molecular complexity index is 1500. The van der Waals surface area contributed by atoms with Gasteiger partial charge in [0.25, 0.3) is 0 Å². The Morgan fingerprint density at radius 3 is 1.27 bits per heavy atom. The van der Waals surface area contributed by atoms with Crippen LogP contribution in [0, 0.1) is 0 Å². The minimum Gasteiger partial charge on any atom is -0.479 e. The number of carboxylic acids is 1. The Labute approximate surface area is 443 Å². The van der Waals surface area contributed by atoms with Crippen LogP contribution < -0.4 is 0 Å². The lowest BCUT2D eigenvalue weighted by Crippen LogP contribution is -2.61. The Morgan fingerprint density at radius 2 is 0.822 bits per heavy atom. The summed E-state index contributed by atoms with van der Waals surface area (Å²) in [7, 11) is 0. The summed E-state index contributed by atoms with van der Waals surface area (Å²) in [6.07, 6.45) is 47.7. The van der Waals surface area contributed by atoms with Crippen molar-refractivity contribution >= 4 is 23.9 Å². The number of aliphatic carboxylic acids is 1. The average molecular weight is 1030 g/mol. The van der Waals surface area contributed by atoms with Gasteiger partial charge in [0.1, 0.15) is 18.8 Å². The van der Waals surface area contributed by atoms with Gasteiger partial charge in [-0.05, 0) is 89.9 Å². The first kappa shape index (κ1) is 67.4. The van der Waals surface area contributed by atoms with Gasteiger partial charge in [0, 0.05) is 19.3 Å². The van der Waals surface area contributed by atoms with Crippen LogP contribution in [0.3, 0.4) is 0 Å². The van der Waals surface area contributed by atoms with Crippen molar-refractivity contribution in [3.8, 4) is 0 Å². The molecule has 0 spiro atoms. The Kier molecular flexibility index (Phi) is 45.5. The molecule has 0 bridgehead atoms. The van der Waals surface area contributed by atoms with Crippen LogP contribution in [0.25, 0.3) is 0 Å². The molecule has 0 aromatic heterocycles. The van der Waals surface area contributed by atoms with E-state index in [9.17, 15) is 34.5 Å². The summed E-state index contributed by atoms with van der Waals surface area (Å²) in [5.41, 5.74) is 0. The lowest BCUT2D eigenvalue weighted by Gasteiger charge is -2.40. The van der Waals surface area contributed by atoms with E-state index in [1.165, 1.54) is 77.0 Å². The zero-order chi connectivity index (χ0) is 53.3. The third kappa shape index (κ3) is 39.5. The molecule has 3 N–H and O–H groups in total. The monoisotopic (exact) mass is 1030 g/mol. The van der Waals surface area contributed by atoms with Crippen molar-refractivity contribution in [3.63, 3.8) is 0 Å². The molecular formula is C61H104O12. The van der Waals surface area contributed by atoms with Crippen molar-refractivity contribution < 1.29 is 58.2 Å². The van der Waals surface area contributed by atoms with E-state index in [0.29, 0.717) is 19.3 Å². The van der Waals surface area contributed by atoms with E-state index in [1.807, 2.05) is 0 Å². The molecule has 1 aliphatic heterocycles. The molecule has 0 aromatic rings. The van der Waals surface area contributed by atoms with Gasteiger partial charge < -0.3 is 39.0 Å². The summed E-state index contributed by atoms with van der Waals surface area (Å²) in [6, 6.07) is 0. The molecule has 1 aliphatic rings. The second kappa shape index (κ2) is 49.3. The predicted molar refractivity (Wildman–Crippen MR) is 294 cm³/mol. The zero-order valence-corrected chi connectivity index (χ0v) is 46.1. The molecule has 73 heavy (non-hydrogen) atoms. The smallest absolute Gasteiger partial charge is 0.335 e. The van der Waals surface area contributed by atoms with Crippen LogP contribution in [0.1, 0.15) is 252 Å². The number of hydrogen-bond donors (Lipinski definition) is 3. The lowest BCUT2D eigenvalue weighted by molar-refractivity contribution is -0.301. The molecule has 6 unspecified atom stereocenters. The highest BCUT2D eigenvalue weighted by atomic mass is 16.7. The first-order valence-electron chi connectivity index (χ1n) is 29.3. The van der Waals surface area contributed by atoms with Crippen molar-refractivity contribution in [2.75, 3.05) is 13.2 Å². The maximum Gasteiger partial charge on any atom is 0.335 e. The predicted octanol–water partition coefficient (Wildman–Crippen LogP) is 14.8. The highest BCUT2D eigenvalue weighted by Gasteiger charge is 2.50. The number of carbonyl (C=O) groups excluding carboxylic acids is 3. The number of carboxylic acid groups (broad SMARTS) is 1. The van der Waals surface area contributed by atoms with Gasteiger partial charge in [0.15, 0.2) is 24.6 Å². The molecule has 420 valence electrons. The van der Waals surface area contributed by atoms with Gasteiger partial charge in [-0.25, -0.2) is 4.79 Å². The average Bonchev–Trinajstić information content (AvgIpc) is 3.37. The number of esters is 3. The fourth-order valence-corrected chi connectivity index (χ4v) is 8.52. The van der Waals surface area contributed by atoms with Crippen LogP contribution in [-0.2, 0) is 42.9 Å². The highest BCUT2D eigenvalue weighted by Crippen LogP contribution is 2.26. The first-order chi connectivity index (χ1) is 35.6. The molecule has 1 heterocycles. The molecule has 1 fully saturated rings. The molecule has 6 atom stereocenters. The van der Waals surface area contributed by atoms with Crippen molar-refractivity contribution in [2.24, 2.45) is 0 Å². The maximum absolute atomic E-state index is 13.1. The number of hydrogen-bond acceptors (Lipinski definition) is 11. The Morgan fingerprint density at radius 1 is 0.452 bits per heavy atom. The third-order valence-electron chi connectivity index (χ3n) is 13.1. The number of rotatable bonds is 49. The summed E-state index contributed by atoms with van der Waals surface area (Å²) in [6.45, 7) is 5.90. The van der Waals surface area contributed by atoms with E-state index in [4.69, 9.17) is 23.7 Å². The molecule has 0 aliphatic carbocycles. The summed E-state index contributed by atoms with van der Waals surface area (Å²) < 4.78 is 28.3. The van der Waals surface area contributed by atoms with E-state index in [0.717, 1.165) is 116 Å². The largest absolute Gasteiger partial charge is 0.479 e. The molecule has 1 saturated heterocycles. The second-order valence-corrected chi connectivity index (χ2v) is 19.9. The number of unbranched alkanes of at least 4 members (excludes halogenated alkanes) is 25. The zero-order valence-electron chi connectivity index (χ0n) is 46.1. The quantitative estimate of drug-likeness (QED) is 0.0228. The van der Waals surface area contributed by atoms with Crippen LogP contribution in [0.2, 0.25) is 0 Å². The standard InChI is InChI=1S/C61H104O12/c1-4-7-10-13-16-19-21-23-25-26-27-28-30-32-34-37-40-43-46-49-55(64)72-59-57(66)56(65)58(60(67)68)73-61(59)70-51-52(71-54(63)48-45-42-39-35-18-15-12-9-6-3)50-69-53(62)47-44-41-38-36-33-31-29-24-22-20-17-14-11-8-5-2/h16-17,19-20,23-25,27-29,52,56-59,61,65-66H,4-15,18,21-22,26,30-51H2,1-3H3,(H,67,68)/b19-16-,20-17-,25-23-,28-27-,29-24-. The second-order valence-electron chi connectivity index (χ2n) is 19.9. The minimum atomic E-state index is -1.91. The maximum atomic E-state index is 13.1.